The average Bonchev–Trinajstić information content (AvgIpc) is 3.37. The second-order valence-electron chi connectivity index (χ2n) is 8.70. The molecule has 2 saturated carbocycles. The first-order valence-corrected chi connectivity index (χ1v) is 16.7. The van der Waals surface area contributed by atoms with E-state index in [0.29, 0.717) is 11.8 Å². The van der Waals surface area contributed by atoms with Crippen LogP contribution in [0, 0.1) is 11.8 Å². The molecule has 2 aromatic carbocycles. The Bertz CT molecular complexity index is 873. The number of aliphatic imine (C=N–C) groups is 1. The van der Waals surface area contributed by atoms with Crippen LogP contribution in [0.15, 0.2) is 47.5 Å². The molecule has 2 fully saturated rings. The zero-order valence-corrected chi connectivity index (χ0v) is 21.7. The number of phenols is 1. The number of nitrogens with zero attached hydrogens (tertiary/aromatic N) is 1. The van der Waals surface area contributed by atoms with E-state index in [1.165, 1.54) is 25.7 Å². The SMILES string of the molecule is COc1cc(C=NC2CC3CCC2C3)c(O)c(C(C)(C)c2ccccc2)c1.[Cl][Zr][Cl]. The predicted molar refractivity (Wildman–Crippen MR) is 122 cm³/mol. The van der Waals surface area contributed by atoms with E-state index in [1.54, 1.807) is 7.11 Å². The molecule has 0 aromatic heterocycles. The van der Waals surface area contributed by atoms with Crippen LogP contribution in [0.5, 0.6) is 11.5 Å². The molecule has 0 heterocycles. The van der Waals surface area contributed by atoms with E-state index in [-0.39, 0.29) is 5.41 Å². The number of phenolic OH excluding ortho intramolecular Hbond substituents is 1. The summed E-state index contributed by atoms with van der Waals surface area (Å²) in [7, 11) is 11.5. The number of hydrogen-bond acceptors (Lipinski definition) is 3. The zero-order valence-electron chi connectivity index (χ0n) is 17.7. The van der Waals surface area contributed by atoms with Gasteiger partial charge in [0.05, 0.1) is 13.2 Å². The van der Waals surface area contributed by atoms with E-state index >= 15 is 0 Å². The number of ether oxygens (including phenoxy) is 1. The van der Waals surface area contributed by atoms with Gasteiger partial charge in [-0.1, -0.05) is 50.6 Å². The van der Waals surface area contributed by atoms with Gasteiger partial charge in [-0.2, -0.15) is 0 Å². The van der Waals surface area contributed by atoms with Crippen molar-refractivity contribution in [3.8, 4) is 11.5 Å². The van der Waals surface area contributed by atoms with Gasteiger partial charge in [0.15, 0.2) is 0 Å². The second kappa shape index (κ2) is 10.7. The Morgan fingerprint density at radius 3 is 2.40 bits per heavy atom. The number of benzene rings is 2. The minimum absolute atomic E-state index is 0.302. The summed E-state index contributed by atoms with van der Waals surface area (Å²) >= 11 is -0.826. The normalized spacial score (nSPS) is 22.6. The van der Waals surface area contributed by atoms with Gasteiger partial charge in [-0.3, -0.25) is 4.99 Å². The predicted octanol–water partition coefficient (Wildman–Crippen LogP) is 6.71. The van der Waals surface area contributed by atoms with Crippen molar-refractivity contribution >= 4 is 23.2 Å². The van der Waals surface area contributed by atoms with Gasteiger partial charge in [0, 0.05) is 22.8 Å². The molecule has 160 valence electrons. The molecule has 4 rings (SSSR count). The molecule has 6 heteroatoms. The van der Waals surface area contributed by atoms with Gasteiger partial charge >= 0.3 is 37.9 Å². The topological polar surface area (TPSA) is 41.8 Å². The van der Waals surface area contributed by atoms with Crippen LogP contribution in [0.1, 0.15) is 56.2 Å². The first-order valence-electron chi connectivity index (χ1n) is 10.4. The Labute approximate surface area is 198 Å². The number of fused-ring (bicyclic) bond motifs is 2. The van der Waals surface area contributed by atoms with Crippen LogP contribution in [-0.4, -0.2) is 24.5 Å². The Balaban J connectivity index is 0.000000806. The molecule has 0 amide bonds. The standard InChI is InChI=1S/C24H29NO2.2ClH.Zr/c1-24(2,19-7-5-4-6-8-19)21-14-20(27-3)13-18(23(21)26)15-25-22-12-16-9-10-17(22)11-16;;;/h4-8,13-17,22,26H,9-12H2,1-3H3;2*1H;/q;;;+2/p-2. The quantitative estimate of drug-likeness (QED) is 0.441. The number of methoxy groups -OCH3 is 1. The summed E-state index contributed by atoms with van der Waals surface area (Å²) in [6.07, 6.45) is 7.08. The van der Waals surface area contributed by atoms with Gasteiger partial charge < -0.3 is 9.84 Å². The van der Waals surface area contributed by atoms with E-state index in [9.17, 15) is 5.11 Å². The summed E-state index contributed by atoms with van der Waals surface area (Å²) in [5.41, 5.74) is 2.43. The maximum atomic E-state index is 11.1. The van der Waals surface area contributed by atoms with Crippen LogP contribution in [-0.2, 0) is 26.3 Å². The van der Waals surface area contributed by atoms with Crippen molar-refractivity contribution in [1.29, 1.82) is 0 Å². The molecule has 2 aliphatic carbocycles. The third-order valence-electron chi connectivity index (χ3n) is 6.62. The molecule has 0 spiro atoms. The average molecular weight is 526 g/mol. The number of halogens is 2. The van der Waals surface area contributed by atoms with Crippen molar-refractivity contribution in [3.05, 3.63) is 59.2 Å². The Morgan fingerprint density at radius 2 is 1.83 bits per heavy atom. The molecule has 1 N–H and O–H groups in total. The summed E-state index contributed by atoms with van der Waals surface area (Å²) in [6.45, 7) is 4.27. The molecule has 30 heavy (non-hydrogen) atoms. The van der Waals surface area contributed by atoms with Gasteiger partial charge in [0.1, 0.15) is 11.5 Å². The molecule has 3 unspecified atom stereocenters. The first-order chi connectivity index (χ1) is 14.4. The zero-order chi connectivity index (χ0) is 21.7. The van der Waals surface area contributed by atoms with Crippen molar-refractivity contribution < 1.29 is 30.7 Å². The van der Waals surface area contributed by atoms with Crippen LogP contribution < -0.4 is 4.74 Å². The summed E-state index contributed by atoms with van der Waals surface area (Å²) < 4.78 is 5.53. The van der Waals surface area contributed by atoms with Crippen LogP contribution in [0.25, 0.3) is 0 Å². The number of rotatable bonds is 5. The van der Waals surface area contributed by atoms with Crippen molar-refractivity contribution in [2.75, 3.05) is 7.11 Å². The summed E-state index contributed by atoms with van der Waals surface area (Å²) in [5, 5.41) is 11.1. The minimum atomic E-state index is -0.826. The van der Waals surface area contributed by atoms with Crippen LogP contribution in [0.4, 0.5) is 0 Å². The Morgan fingerprint density at radius 1 is 1.13 bits per heavy atom. The fourth-order valence-corrected chi connectivity index (χ4v) is 4.90. The fourth-order valence-electron chi connectivity index (χ4n) is 4.90. The number of hydrogen-bond donors (Lipinski definition) is 1. The molecule has 2 bridgehead atoms. The van der Waals surface area contributed by atoms with Crippen molar-refractivity contribution in [3.63, 3.8) is 0 Å². The van der Waals surface area contributed by atoms with E-state index in [1.807, 2.05) is 36.5 Å². The van der Waals surface area contributed by atoms with E-state index < -0.39 is 20.8 Å². The summed E-state index contributed by atoms with van der Waals surface area (Å²) in [5.74, 6) is 2.65. The van der Waals surface area contributed by atoms with Gasteiger partial charge in [-0.05, 0) is 48.8 Å². The first kappa shape index (κ1) is 23.8. The molecule has 2 aliphatic rings. The monoisotopic (exact) mass is 523 g/mol. The van der Waals surface area contributed by atoms with Gasteiger partial charge in [-0.15, -0.1) is 0 Å². The molecule has 0 radical (unpaired) electrons. The third kappa shape index (κ3) is 5.32. The molecule has 0 aliphatic heterocycles. The van der Waals surface area contributed by atoms with Gasteiger partial charge in [0.2, 0.25) is 0 Å². The van der Waals surface area contributed by atoms with Crippen molar-refractivity contribution in [1.82, 2.24) is 0 Å². The molecular formula is C24H29Cl2NO2Zr. The van der Waals surface area contributed by atoms with Crippen molar-refractivity contribution in [2.24, 2.45) is 16.8 Å². The van der Waals surface area contributed by atoms with Gasteiger partial charge in [-0.25, -0.2) is 0 Å². The summed E-state index contributed by atoms with van der Waals surface area (Å²) in [6, 6.07) is 14.5. The van der Waals surface area contributed by atoms with Crippen LogP contribution in [0.2, 0.25) is 0 Å². The number of aromatic hydroxyl groups is 1. The molecule has 3 nitrogen and oxygen atoms in total. The second-order valence-corrected chi connectivity index (χ2v) is 12.4. The van der Waals surface area contributed by atoms with E-state index in [4.69, 9.17) is 26.8 Å². The van der Waals surface area contributed by atoms with E-state index in [2.05, 4.69) is 26.0 Å². The van der Waals surface area contributed by atoms with Crippen LogP contribution >= 0.6 is 17.0 Å². The molecular weight excluding hydrogens is 496 g/mol. The van der Waals surface area contributed by atoms with Gasteiger partial charge in [0.25, 0.3) is 0 Å². The molecule has 2 aromatic rings. The molecule has 3 atom stereocenters. The third-order valence-corrected chi connectivity index (χ3v) is 6.62. The summed E-state index contributed by atoms with van der Waals surface area (Å²) in [4.78, 5) is 4.87. The molecule has 0 saturated heterocycles. The fraction of sp³-hybridized carbons (Fsp3) is 0.458. The Kier molecular flexibility index (Phi) is 8.47. The van der Waals surface area contributed by atoms with Crippen molar-refractivity contribution in [2.45, 2.75) is 51.0 Å². The Hall–Kier alpha value is -0.827. The van der Waals surface area contributed by atoms with Crippen LogP contribution in [0.3, 0.4) is 0 Å². The maximum absolute atomic E-state index is 11.1. The van der Waals surface area contributed by atoms with E-state index in [0.717, 1.165) is 34.3 Å².